The number of pyridine rings is 1. The third-order valence-corrected chi connectivity index (χ3v) is 3.96. The van der Waals surface area contributed by atoms with Crippen molar-refractivity contribution in [3.63, 3.8) is 0 Å². The Bertz CT molecular complexity index is 645. The Morgan fingerprint density at radius 1 is 1.25 bits per heavy atom. The van der Waals surface area contributed by atoms with Crippen LogP contribution in [-0.4, -0.2) is 24.0 Å². The minimum atomic E-state index is -0.0753. The summed E-state index contributed by atoms with van der Waals surface area (Å²) in [6.45, 7) is 2.19. The number of aromatic nitrogens is 1. The molecule has 2 heterocycles. The Labute approximate surface area is 126 Å². The highest BCUT2D eigenvalue weighted by Gasteiger charge is 2.24. The van der Waals surface area contributed by atoms with Crippen molar-refractivity contribution in [2.24, 2.45) is 0 Å². The van der Waals surface area contributed by atoms with Crippen molar-refractivity contribution in [2.75, 3.05) is 18.0 Å². The van der Waals surface area contributed by atoms with Gasteiger partial charge in [0.15, 0.2) is 0 Å². The topological polar surface area (TPSA) is 45.2 Å². The van der Waals surface area contributed by atoms with E-state index in [1.807, 2.05) is 30.3 Å². The van der Waals surface area contributed by atoms with Crippen LogP contribution in [0.25, 0.3) is 0 Å². The minimum absolute atomic E-state index is 0.0753. The molecule has 102 valence electrons. The second kappa shape index (κ2) is 5.73. The average molecular weight is 332 g/mol. The van der Waals surface area contributed by atoms with Gasteiger partial charge in [0.05, 0.1) is 0 Å². The summed E-state index contributed by atoms with van der Waals surface area (Å²) in [4.78, 5) is 18.7. The molecule has 0 spiro atoms. The molecule has 0 unspecified atom stereocenters. The predicted octanol–water partition coefficient (Wildman–Crippen LogP) is 2.59. The molecule has 0 saturated carbocycles. The van der Waals surface area contributed by atoms with E-state index in [9.17, 15) is 4.79 Å². The van der Waals surface area contributed by atoms with Crippen LogP contribution in [0.3, 0.4) is 0 Å². The zero-order chi connectivity index (χ0) is 13.9. The summed E-state index contributed by atoms with van der Waals surface area (Å²) in [6, 6.07) is 11.6. The summed E-state index contributed by atoms with van der Waals surface area (Å²) in [7, 11) is 0. The Hall–Kier alpha value is -1.72. The number of carbonyl (C=O) groups excluding carboxylic acids is 1. The van der Waals surface area contributed by atoms with Crippen LogP contribution in [0.15, 0.2) is 47.1 Å². The van der Waals surface area contributed by atoms with Crippen molar-refractivity contribution in [1.29, 1.82) is 0 Å². The number of carbonyl (C=O) groups is 1. The summed E-state index contributed by atoms with van der Waals surface area (Å²) in [5.74, 6) is -0.0753. The van der Waals surface area contributed by atoms with Crippen LogP contribution < -0.4 is 10.2 Å². The number of nitrogens with one attached hydrogen (secondary N) is 1. The quantitative estimate of drug-likeness (QED) is 0.873. The van der Waals surface area contributed by atoms with E-state index >= 15 is 0 Å². The van der Waals surface area contributed by atoms with Crippen LogP contribution >= 0.6 is 15.9 Å². The molecule has 5 heteroatoms. The van der Waals surface area contributed by atoms with Crippen LogP contribution in [0.5, 0.6) is 0 Å². The van der Waals surface area contributed by atoms with Gasteiger partial charge in [0.1, 0.15) is 5.69 Å². The molecule has 1 aromatic carbocycles. The third-order valence-electron chi connectivity index (χ3n) is 3.32. The van der Waals surface area contributed by atoms with Crippen molar-refractivity contribution >= 4 is 27.5 Å². The van der Waals surface area contributed by atoms with E-state index in [2.05, 4.69) is 26.2 Å². The van der Waals surface area contributed by atoms with Crippen molar-refractivity contribution in [1.82, 2.24) is 10.3 Å². The number of halogens is 1. The van der Waals surface area contributed by atoms with Gasteiger partial charge in [-0.25, -0.2) is 4.98 Å². The number of amides is 1. The number of rotatable bonds is 1. The molecule has 0 atom stereocenters. The van der Waals surface area contributed by atoms with Gasteiger partial charge in [-0.15, -0.1) is 0 Å². The van der Waals surface area contributed by atoms with Crippen LogP contribution in [0, 0.1) is 0 Å². The molecule has 0 radical (unpaired) electrons. The van der Waals surface area contributed by atoms with Crippen molar-refractivity contribution in [3.05, 3.63) is 58.3 Å². The average Bonchev–Trinajstić information content (AvgIpc) is 2.69. The molecule has 2 aromatic rings. The second-order valence-corrected chi connectivity index (χ2v) is 5.45. The molecule has 0 bridgehead atoms. The smallest absolute Gasteiger partial charge is 0.278 e. The maximum absolute atomic E-state index is 12.7. The normalized spacial score (nSPS) is 14.6. The van der Waals surface area contributed by atoms with Gasteiger partial charge in [0.2, 0.25) is 0 Å². The zero-order valence-electron chi connectivity index (χ0n) is 10.8. The molecule has 1 aliphatic rings. The molecule has 1 aliphatic heterocycles. The first-order valence-corrected chi connectivity index (χ1v) is 7.27. The molecule has 20 heavy (non-hydrogen) atoms. The van der Waals surface area contributed by atoms with Gasteiger partial charge in [-0.3, -0.25) is 4.79 Å². The predicted molar refractivity (Wildman–Crippen MR) is 81.8 cm³/mol. The standard InChI is InChI=1S/C15H14BrN3O/c16-12-5-3-7-18-14(12)15(20)19-9-8-17-10-11-4-1-2-6-13(11)19/h1-7,17H,8-10H2. The van der Waals surface area contributed by atoms with E-state index in [1.165, 1.54) is 0 Å². The van der Waals surface area contributed by atoms with Gasteiger partial charge in [-0.1, -0.05) is 18.2 Å². The van der Waals surface area contributed by atoms with E-state index in [-0.39, 0.29) is 5.91 Å². The number of hydrogen-bond acceptors (Lipinski definition) is 3. The fourth-order valence-corrected chi connectivity index (χ4v) is 2.76. The van der Waals surface area contributed by atoms with Crippen molar-refractivity contribution in [3.8, 4) is 0 Å². The number of hydrogen-bond donors (Lipinski definition) is 1. The fourth-order valence-electron chi connectivity index (χ4n) is 2.34. The van der Waals surface area contributed by atoms with Gasteiger partial charge >= 0.3 is 0 Å². The molecule has 0 aliphatic carbocycles. The van der Waals surface area contributed by atoms with Gasteiger partial charge < -0.3 is 10.2 Å². The van der Waals surface area contributed by atoms with E-state index in [4.69, 9.17) is 0 Å². The Kier molecular flexibility index (Phi) is 3.80. The summed E-state index contributed by atoms with van der Waals surface area (Å²) in [5.41, 5.74) is 2.54. The van der Waals surface area contributed by atoms with Gasteiger partial charge in [-0.2, -0.15) is 0 Å². The van der Waals surface area contributed by atoms with Gasteiger partial charge in [0, 0.05) is 36.0 Å². The number of anilines is 1. The van der Waals surface area contributed by atoms with Crippen LogP contribution in [-0.2, 0) is 6.54 Å². The summed E-state index contributed by atoms with van der Waals surface area (Å²) < 4.78 is 0.722. The molecule has 1 N–H and O–H groups in total. The van der Waals surface area contributed by atoms with Crippen LogP contribution in [0.1, 0.15) is 16.1 Å². The first-order chi connectivity index (χ1) is 9.77. The highest BCUT2D eigenvalue weighted by Crippen LogP contribution is 2.25. The zero-order valence-corrected chi connectivity index (χ0v) is 12.4. The first kappa shape index (κ1) is 13.3. The Morgan fingerprint density at radius 2 is 2.10 bits per heavy atom. The number of benzene rings is 1. The molecule has 0 saturated heterocycles. The lowest BCUT2D eigenvalue weighted by Gasteiger charge is -2.22. The lowest BCUT2D eigenvalue weighted by Crippen LogP contribution is -2.35. The highest BCUT2D eigenvalue weighted by atomic mass is 79.9. The Morgan fingerprint density at radius 3 is 2.95 bits per heavy atom. The maximum Gasteiger partial charge on any atom is 0.278 e. The largest absolute Gasteiger partial charge is 0.311 e. The number of para-hydroxylation sites is 1. The number of nitrogens with zero attached hydrogens (tertiary/aromatic N) is 2. The first-order valence-electron chi connectivity index (χ1n) is 6.48. The molecular weight excluding hydrogens is 318 g/mol. The van der Waals surface area contributed by atoms with Crippen LogP contribution in [0.4, 0.5) is 5.69 Å². The van der Waals surface area contributed by atoms with E-state index in [0.717, 1.165) is 28.8 Å². The van der Waals surface area contributed by atoms with Crippen LogP contribution in [0.2, 0.25) is 0 Å². The summed E-state index contributed by atoms with van der Waals surface area (Å²) in [6.07, 6.45) is 1.64. The lowest BCUT2D eigenvalue weighted by molar-refractivity contribution is 0.0982. The Balaban J connectivity index is 2.02. The number of fused-ring (bicyclic) bond motifs is 1. The van der Waals surface area contributed by atoms with Gasteiger partial charge in [0.25, 0.3) is 5.91 Å². The van der Waals surface area contributed by atoms with Crippen molar-refractivity contribution in [2.45, 2.75) is 6.54 Å². The molecule has 0 fully saturated rings. The molecule has 4 nitrogen and oxygen atoms in total. The third kappa shape index (κ3) is 2.46. The summed E-state index contributed by atoms with van der Waals surface area (Å²) >= 11 is 3.40. The molecular formula is C15H14BrN3O. The maximum atomic E-state index is 12.7. The van der Waals surface area contributed by atoms with E-state index < -0.39 is 0 Å². The monoisotopic (exact) mass is 331 g/mol. The highest BCUT2D eigenvalue weighted by molar-refractivity contribution is 9.10. The van der Waals surface area contributed by atoms with E-state index in [0.29, 0.717) is 12.2 Å². The SMILES string of the molecule is O=C(c1ncccc1Br)N1CCNCc2ccccc21. The van der Waals surface area contributed by atoms with Gasteiger partial charge in [-0.05, 0) is 39.7 Å². The lowest BCUT2D eigenvalue weighted by atomic mass is 10.1. The summed E-state index contributed by atoms with van der Waals surface area (Å²) in [5, 5.41) is 3.33. The minimum Gasteiger partial charge on any atom is -0.311 e. The molecule has 1 amide bonds. The second-order valence-electron chi connectivity index (χ2n) is 4.60. The van der Waals surface area contributed by atoms with Crippen molar-refractivity contribution < 1.29 is 4.79 Å². The fraction of sp³-hybridized carbons (Fsp3) is 0.200. The molecule has 1 aromatic heterocycles. The molecule has 3 rings (SSSR count). The van der Waals surface area contributed by atoms with E-state index in [1.54, 1.807) is 17.2 Å².